The van der Waals surface area contributed by atoms with Crippen LogP contribution in [0.5, 0.6) is 0 Å². The van der Waals surface area contributed by atoms with Crippen molar-refractivity contribution in [2.24, 2.45) is 0 Å². The van der Waals surface area contributed by atoms with E-state index in [4.69, 9.17) is 24.5 Å². The Morgan fingerprint density at radius 2 is 1.67 bits per heavy atom. The van der Waals surface area contributed by atoms with E-state index < -0.39 is 11.9 Å². The smallest absolute Gasteiger partial charge is 0.414 e. The zero-order valence-corrected chi connectivity index (χ0v) is 14.9. The van der Waals surface area contributed by atoms with Crippen molar-refractivity contribution in [3.8, 4) is 0 Å². The van der Waals surface area contributed by atoms with Gasteiger partial charge in [0.05, 0.1) is 12.2 Å². The van der Waals surface area contributed by atoms with Crippen molar-refractivity contribution in [2.45, 2.75) is 37.4 Å². The average molecular weight is 355 g/mol. The Balaban J connectivity index is 0.000000413. The lowest BCUT2D eigenvalue weighted by Crippen LogP contribution is -2.45. The molecule has 2 N–H and O–H groups in total. The Morgan fingerprint density at radius 3 is 2.17 bits per heavy atom. The molecule has 1 aliphatic heterocycles. The van der Waals surface area contributed by atoms with Gasteiger partial charge in [-0.15, -0.1) is 11.8 Å². The van der Waals surface area contributed by atoms with Gasteiger partial charge < -0.3 is 14.9 Å². The van der Waals surface area contributed by atoms with Crippen molar-refractivity contribution in [1.82, 2.24) is 4.90 Å². The molecule has 2 unspecified atom stereocenters. The molecule has 2 atom stereocenters. The third kappa shape index (κ3) is 8.90. The first-order valence-electron chi connectivity index (χ1n) is 7.90. The molecule has 7 heteroatoms. The van der Waals surface area contributed by atoms with Crippen molar-refractivity contribution in [2.75, 3.05) is 25.4 Å². The molecule has 0 radical (unpaired) electrons. The van der Waals surface area contributed by atoms with E-state index in [-0.39, 0.29) is 0 Å². The number of carboxylic acids is 2. The van der Waals surface area contributed by atoms with Crippen LogP contribution in [0.3, 0.4) is 0 Å². The molecule has 134 valence electrons. The second-order valence-corrected chi connectivity index (χ2v) is 6.81. The Kier molecular flexibility index (Phi) is 9.44. The quantitative estimate of drug-likeness (QED) is 0.476. The van der Waals surface area contributed by atoms with Crippen molar-refractivity contribution >= 4 is 23.7 Å². The first kappa shape index (κ1) is 20.5. The summed E-state index contributed by atoms with van der Waals surface area (Å²) in [4.78, 5) is 22.1. The summed E-state index contributed by atoms with van der Waals surface area (Å²) in [5.41, 5.74) is 0. The van der Waals surface area contributed by atoms with E-state index in [2.05, 4.69) is 49.1 Å². The Hall–Kier alpha value is -1.57. The second kappa shape index (κ2) is 11.1. The molecule has 2 rings (SSSR count). The van der Waals surface area contributed by atoms with Gasteiger partial charge in [-0.25, -0.2) is 9.59 Å². The highest BCUT2D eigenvalue weighted by molar-refractivity contribution is 7.99. The fourth-order valence-electron chi connectivity index (χ4n) is 2.46. The fourth-order valence-corrected chi connectivity index (χ4v) is 3.32. The average Bonchev–Trinajstić information content (AvgIpc) is 2.52. The summed E-state index contributed by atoms with van der Waals surface area (Å²) in [7, 11) is 0. The monoisotopic (exact) mass is 355 g/mol. The number of hydrogen-bond acceptors (Lipinski definition) is 5. The van der Waals surface area contributed by atoms with Gasteiger partial charge in [0.2, 0.25) is 0 Å². The minimum Gasteiger partial charge on any atom is -0.473 e. The van der Waals surface area contributed by atoms with E-state index in [1.165, 1.54) is 23.6 Å². The fraction of sp³-hybridized carbons (Fsp3) is 0.529. The summed E-state index contributed by atoms with van der Waals surface area (Å²) in [5.74, 6) is -2.45. The van der Waals surface area contributed by atoms with Gasteiger partial charge in [0.15, 0.2) is 0 Å². The van der Waals surface area contributed by atoms with Crippen LogP contribution in [0.15, 0.2) is 35.2 Å². The minimum atomic E-state index is -1.82. The minimum absolute atomic E-state index is 0.385. The first-order valence-corrected chi connectivity index (χ1v) is 8.89. The lowest BCUT2D eigenvalue weighted by molar-refractivity contribution is -0.159. The third-order valence-electron chi connectivity index (χ3n) is 3.31. The SMILES string of the molecule is CC1CN(CCCSc2ccccc2)CC(C)O1.O=C(O)C(=O)O. The third-order valence-corrected chi connectivity index (χ3v) is 4.41. The number of aliphatic carboxylic acids is 2. The predicted molar refractivity (Wildman–Crippen MR) is 93.5 cm³/mol. The molecule has 0 aromatic heterocycles. The largest absolute Gasteiger partial charge is 0.473 e. The van der Waals surface area contributed by atoms with Crippen molar-refractivity contribution in [3.05, 3.63) is 30.3 Å². The van der Waals surface area contributed by atoms with Crippen molar-refractivity contribution < 1.29 is 24.5 Å². The number of nitrogens with zero attached hydrogens (tertiary/aromatic N) is 1. The van der Waals surface area contributed by atoms with Crippen LogP contribution in [-0.4, -0.2) is 64.6 Å². The number of carboxylic acid groups (broad SMARTS) is 2. The van der Waals surface area contributed by atoms with Crippen LogP contribution in [0.25, 0.3) is 0 Å². The molecular formula is C17H25NO5S. The van der Waals surface area contributed by atoms with E-state index in [1.54, 1.807) is 0 Å². The van der Waals surface area contributed by atoms with Gasteiger partial charge in [-0.1, -0.05) is 18.2 Å². The summed E-state index contributed by atoms with van der Waals surface area (Å²) in [6, 6.07) is 10.6. The summed E-state index contributed by atoms with van der Waals surface area (Å²) in [6.07, 6.45) is 2.02. The molecule has 1 aliphatic rings. The number of benzene rings is 1. The van der Waals surface area contributed by atoms with E-state index in [0.29, 0.717) is 12.2 Å². The molecule has 1 aromatic rings. The normalized spacial score (nSPS) is 20.8. The zero-order chi connectivity index (χ0) is 17.9. The van der Waals surface area contributed by atoms with Gasteiger partial charge in [-0.05, 0) is 44.7 Å². The van der Waals surface area contributed by atoms with Crippen LogP contribution >= 0.6 is 11.8 Å². The molecule has 1 aromatic carbocycles. The van der Waals surface area contributed by atoms with Gasteiger partial charge in [-0.3, -0.25) is 4.90 Å². The van der Waals surface area contributed by atoms with Gasteiger partial charge in [0, 0.05) is 18.0 Å². The summed E-state index contributed by atoms with van der Waals surface area (Å²) < 4.78 is 5.75. The number of thioether (sulfide) groups is 1. The predicted octanol–water partition coefficient (Wildman–Crippen LogP) is 2.43. The topological polar surface area (TPSA) is 87.1 Å². The lowest BCUT2D eigenvalue weighted by atomic mass is 10.2. The molecule has 0 bridgehead atoms. The molecule has 1 saturated heterocycles. The highest BCUT2D eigenvalue weighted by atomic mass is 32.2. The maximum Gasteiger partial charge on any atom is 0.414 e. The lowest BCUT2D eigenvalue weighted by Gasteiger charge is -2.35. The summed E-state index contributed by atoms with van der Waals surface area (Å²) in [6.45, 7) is 7.70. The molecule has 0 spiro atoms. The van der Waals surface area contributed by atoms with E-state index in [9.17, 15) is 0 Å². The van der Waals surface area contributed by atoms with E-state index in [0.717, 1.165) is 13.1 Å². The summed E-state index contributed by atoms with van der Waals surface area (Å²) >= 11 is 1.95. The zero-order valence-electron chi connectivity index (χ0n) is 14.1. The number of morpholine rings is 1. The first-order chi connectivity index (χ1) is 11.4. The highest BCUT2D eigenvalue weighted by Crippen LogP contribution is 2.18. The molecule has 1 heterocycles. The highest BCUT2D eigenvalue weighted by Gasteiger charge is 2.21. The number of ether oxygens (including phenoxy) is 1. The van der Waals surface area contributed by atoms with Gasteiger partial charge in [-0.2, -0.15) is 0 Å². The van der Waals surface area contributed by atoms with Crippen molar-refractivity contribution in [3.63, 3.8) is 0 Å². The van der Waals surface area contributed by atoms with Crippen molar-refractivity contribution in [1.29, 1.82) is 0 Å². The van der Waals surface area contributed by atoms with E-state index in [1.807, 2.05) is 11.8 Å². The van der Waals surface area contributed by atoms with Crippen LogP contribution in [0.2, 0.25) is 0 Å². The molecule has 24 heavy (non-hydrogen) atoms. The molecule has 1 fully saturated rings. The molecule has 6 nitrogen and oxygen atoms in total. The molecular weight excluding hydrogens is 330 g/mol. The van der Waals surface area contributed by atoms with Crippen LogP contribution in [0.4, 0.5) is 0 Å². The molecule has 0 amide bonds. The van der Waals surface area contributed by atoms with Gasteiger partial charge >= 0.3 is 11.9 Å². The Morgan fingerprint density at radius 1 is 1.12 bits per heavy atom. The summed E-state index contributed by atoms with van der Waals surface area (Å²) in [5, 5.41) is 14.8. The number of rotatable bonds is 5. The van der Waals surface area contributed by atoms with Crippen LogP contribution in [-0.2, 0) is 14.3 Å². The Bertz CT molecular complexity index is 489. The van der Waals surface area contributed by atoms with Crippen LogP contribution in [0, 0.1) is 0 Å². The number of hydrogen-bond donors (Lipinski definition) is 2. The van der Waals surface area contributed by atoms with E-state index >= 15 is 0 Å². The van der Waals surface area contributed by atoms with Crippen LogP contribution < -0.4 is 0 Å². The second-order valence-electron chi connectivity index (χ2n) is 5.64. The molecule has 0 saturated carbocycles. The maximum absolute atomic E-state index is 9.10. The van der Waals surface area contributed by atoms with Gasteiger partial charge in [0.25, 0.3) is 0 Å². The van der Waals surface area contributed by atoms with Gasteiger partial charge in [0.1, 0.15) is 0 Å². The van der Waals surface area contributed by atoms with Crippen LogP contribution in [0.1, 0.15) is 20.3 Å². The number of carbonyl (C=O) groups is 2. The molecule has 0 aliphatic carbocycles. The standard InChI is InChI=1S/C15H23NOS.C2H2O4/c1-13-11-16(12-14(2)17-13)9-6-10-18-15-7-4-3-5-8-15;3-1(4)2(5)6/h3-5,7-8,13-14H,6,9-12H2,1-2H3;(H,3,4)(H,5,6). The Labute approximate surface area is 146 Å². The maximum atomic E-state index is 9.10.